The highest BCUT2D eigenvalue weighted by Crippen LogP contribution is 2.24. The van der Waals surface area contributed by atoms with Crippen LogP contribution in [-0.2, 0) is 17.8 Å². The Bertz CT molecular complexity index is 860. The number of ether oxygens (including phenoxy) is 1. The first-order chi connectivity index (χ1) is 11.6. The van der Waals surface area contributed by atoms with Crippen LogP contribution in [0.4, 0.5) is 0 Å². The van der Waals surface area contributed by atoms with Gasteiger partial charge in [-0.3, -0.25) is 9.78 Å². The molecule has 2 N–H and O–H groups in total. The molecule has 3 aromatic rings. The zero-order chi connectivity index (χ0) is 16.9. The number of rotatable bonds is 6. The third-order valence-corrected chi connectivity index (χ3v) is 3.92. The minimum Gasteiger partial charge on any atom is -0.489 e. The molecule has 0 spiro atoms. The summed E-state index contributed by atoms with van der Waals surface area (Å²) < 4.78 is 5.88. The van der Waals surface area contributed by atoms with Gasteiger partial charge in [0.2, 0.25) is 5.91 Å². The van der Waals surface area contributed by atoms with Crippen molar-refractivity contribution >= 4 is 16.8 Å². The highest BCUT2D eigenvalue weighted by molar-refractivity contribution is 5.83. The molecule has 0 aliphatic rings. The summed E-state index contributed by atoms with van der Waals surface area (Å²) in [5, 5.41) is 1.06. The molecular formula is C20H20N2O2. The van der Waals surface area contributed by atoms with Gasteiger partial charge in [0.25, 0.3) is 0 Å². The Morgan fingerprint density at radius 1 is 1.12 bits per heavy atom. The zero-order valence-corrected chi connectivity index (χ0v) is 13.7. The fraction of sp³-hybridized carbons (Fsp3) is 0.200. The van der Waals surface area contributed by atoms with Crippen molar-refractivity contribution in [2.24, 2.45) is 5.73 Å². The first kappa shape index (κ1) is 16.0. The number of hydrogen-bond acceptors (Lipinski definition) is 3. The van der Waals surface area contributed by atoms with Crippen molar-refractivity contribution in [2.45, 2.75) is 26.4 Å². The Morgan fingerprint density at radius 3 is 2.67 bits per heavy atom. The van der Waals surface area contributed by atoms with Crippen LogP contribution in [0.25, 0.3) is 10.9 Å². The van der Waals surface area contributed by atoms with Crippen LogP contribution in [-0.4, -0.2) is 10.9 Å². The van der Waals surface area contributed by atoms with Crippen LogP contribution in [0.3, 0.4) is 0 Å². The summed E-state index contributed by atoms with van der Waals surface area (Å²) in [6.07, 6.45) is 0.884. The molecule has 0 aliphatic carbocycles. The van der Waals surface area contributed by atoms with Crippen LogP contribution >= 0.6 is 0 Å². The lowest BCUT2D eigenvalue weighted by atomic mass is 10.1. The molecule has 0 atom stereocenters. The van der Waals surface area contributed by atoms with E-state index in [4.69, 9.17) is 10.5 Å². The Morgan fingerprint density at radius 2 is 1.92 bits per heavy atom. The molecule has 1 heterocycles. The zero-order valence-electron chi connectivity index (χ0n) is 13.7. The van der Waals surface area contributed by atoms with Crippen LogP contribution in [0, 0.1) is 6.92 Å². The molecule has 1 aromatic heterocycles. The SMILES string of the molecule is Cc1cc(CCC(N)=O)nc2ccc(OCc3ccccc3)cc12. The van der Waals surface area contributed by atoms with Gasteiger partial charge in [-0.05, 0) is 48.7 Å². The van der Waals surface area contributed by atoms with E-state index in [1.165, 1.54) is 0 Å². The summed E-state index contributed by atoms with van der Waals surface area (Å²) in [5.41, 5.74) is 9.25. The van der Waals surface area contributed by atoms with Crippen molar-refractivity contribution in [2.75, 3.05) is 0 Å². The van der Waals surface area contributed by atoms with Crippen molar-refractivity contribution in [3.8, 4) is 5.75 Å². The summed E-state index contributed by atoms with van der Waals surface area (Å²) in [6, 6.07) is 18.0. The normalized spacial score (nSPS) is 10.7. The number of carbonyl (C=O) groups excluding carboxylic acids is 1. The number of aryl methyl sites for hydroxylation is 2. The largest absolute Gasteiger partial charge is 0.489 e. The lowest BCUT2D eigenvalue weighted by Crippen LogP contribution is -2.11. The van der Waals surface area contributed by atoms with E-state index in [0.29, 0.717) is 19.4 Å². The smallest absolute Gasteiger partial charge is 0.217 e. The third kappa shape index (κ3) is 3.90. The van der Waals surface area contributed by atoms with E-state index in [1.54, 1.807) is 0 Å². The van der Waals surface area contributed by atoms with Gasteiger partial charge in [-0.25, -0.2) is 0 Å². The van der Waals surface area contributed by atoms with Gasteiger partial charge in [-0.2, -0.15) is 0 Å². The monoisotopic (exact) mass is 320 g/mol. The van der Waals surface area contributed by atoms with Crippen LogP contribution in [0.15, 0.2) is 54.6 Å². The molecule has 1 amide bonds. The summed E-state index contributed by atoms with van der Waals surface area (Å²) >= 11 is 0. The lowest BCUT2D eigenvalue weighted by Gasteiger charge is -2.10. The van der Waals surface area contributed by atoms with Crippen molar-refractivity contribution < 1.29 is 9.53 Å². The minimum absolute atomic E-state index is 0.306. The quantitative estimate of drug-likeness (QED) is 0.755. The lowest BCUT2D eigenvalue weighted by molar-refractivity contribution is -0.118. The van der Waals surface area contributed by atoms with Crippen LogP contribution < -0.4 is 10.5 Å². The summed E-state index contributed by atoms with van der Waals surface area (Å²) in [7, 11) is 0. The van der Waals surface area contributed by atoms with Crippen LogP contribution in [0.2, 0.25) is 0 Å². The van der Waals surface area contributed by atoms with E-state index in [0.717, 1.165) is 33.5 Å². The standard InChI is InChI=1S/C20H20N2O2/c1-14-11-16(7-10-20(21)23)22-19-9-8-17(12-18(14)19)24-13-15-5-3-2-4-6-15/h2-6,8-9,11-12H,7,10,13H2,1H3,(H2,21,23). The van der Waals surface area contributed by atoms with Crippen molar-refractivity contribution in [1.29, 1.82) is 0 Å². The molecule has 4 nitrogen and oxygen atoms in total. The molecule has 0 radical (unpaired) electrons. The maximum Gasteiger partial charge on any atom is 0.217 e. The van der Waals surface area contributed by atoms with E-state index in [-0.39, 0.29) is 5.91 Å². The first-order valence-corrected chi connectivity index (χ1v) is 7.97. The van der Waals surface area contributed by atoms with E-state index >= 15 is 0 Å². The molecule has 0 bridgehead atoms. The maximum atomic E-state index is 10.9. The Labute approximate surface area is 141 Å². The van der Waals surface area contributed by atoms with Gasteiger partial charge in [0, 0.05) is 17.5 Å². The fourth-order valence-corrected chi connectivity index (χ4v) is 2.65. The number of amides is 1. The van der Waals surface area contributed by atoms with Gasteiger partial charge in [0.1, 0.15) is 12.4 Å². The van der Waals surface area contributed by atoms with Crippen molar-refractivity contribution in [3.05, 3.63) is 71.4 Å². The van der Waals surface area contributed by atoms with Gasteiger partial charge in [0.15, 0.2) is 0 Å². The van der Waals surface area contributed by atoms with Gasteiger partial charge < -0.3 is 10.5 Å². The number of nitrogens with two attached hydrogens (primary N) is 1. The van der Waals surface area contributed by atoms with E-state index in [1.807, 2.05) is 61.5 Å². The fourth-order valence-electron chi connectivity index (χ4n) is 2.65. The summed E-state index contributed by atoms with van der Waals surface area (Å²) in [5.74, 6) is 0.514. The van der Waals surface area contributed by atoms with Crippen LogP contribution in [0.5, 0.6) is 5.75 Å². The Balaban J connectivity index is 1.79. The second-order valence-electron chi connectivity index (χ2n) is 5.85. The van der Waals surface area contributed by atoms with E-state index in [9.17, 15) is 4.79 Å². The van der Waals surface area contributed by atoms with E-state index in [2.05, 4.69) is 4.98 Å². The van der Waals surface area contributed by atoms with Gasteiger partial charge in [-0.15, -0.1) is 0 Å². The molecule has 3 rings (SSSR count). The van der Waals surface area contributed by atoms with E-state index < -0.39 is 0 Å². The molecule has 0 unspecified atom stereocenters. The molecule has 0 saturated heterocycles. The van der Waals surface area contributed by atoms with Crippen LogP contribution in [0.1, 0.15) is 23.2 Å². The second kappa shape index (κ2) is 7.13. The molecule has 122 valence electrons. The number of fused-ring (bicyclic) bond motifs is 1. The predicted octanol–water partition coefficient (Wildman–Crippen LogP) is 3.54. The predicted molar refractivity (Wildman–Crippen MR) is 94.8 cm³/mol. The number of benzene rings is 2. The average molecular weight is 320 g/mol. The Kier molecular flexibility index (Phi) is 4.75. The highest BCUT2D eigenvalue weighted by Gasteiger charge is 2.06. The first-order valence-electron chi connectivity index (χ1n) is 7.97. The van der Waals surface area contributed by atoms with Gasteiger partial charge >= 0.3 is 0 Å². The summed E-state index contributed by atoms with van der Waals surface area (Å²) in [6.45, 7) is 2.58. The third-order valence-electron chi connectivity index (χ3n) is 3.92. The topological polar surface area (TPSA) is 65.2 Å². The molecule has 2 aromatic carbocycles. The number of pyridine rings is 1. The number of primary amides is 1. The molecular weight excluding hydrogens is 300 g/mol. The van der Waals surface area contributed by atoms with Gasteiger partial charge in [-0.1, -0.05) is 30.3 Å². The number of hydrogen-bond donors (Lipinski definition) is 1. The molecule has 0 fully saturated rings. The summed E-state index contributed by atoms with van der Waals surface area (Å²) in [4.78, 5) is 15.5. The van der Waals surface area contributed by atoms with Gasteiger partial charge in [0.05, 0.1) is 5.52 Å². The molecule has 4 heteroatoms. The Hall–Kier alpha value is -2.88. The van der Waals surface area contributed by atoms with Crippen molar-refractivity contribution in [1.82, 2.24) is 4.98 Å². The molecule has 0 saturated carbocycles. The number of carbonyl (C=O) groups is 1. The van der Waals surface area contributed by atoms with Crippen molar-refractivity contribution in [3.63, 3.8) is 0 Å². The molecule has 0 aliphatic heterocycles. The average Bonchev–Trinajstić information content (AvgIpc) is 2.59. The highest BCUT2D eigenvalue weighted by atomic mass is 16.5. The maximum absolute atomic E-state index is 10.9. The number of aromatic nitrogens is 1. The minimum atomic E-state index is -0.306. The number of nitrogens with zero attached hydrogens (tertiary/aromatic N) is 1. The molecule has 24 heavy (non-hydrogen) atoms. The second-order valence-corrected chi connectivity index (χ2v) is 5.85.